The third-order valence-electron chi connectivity index (χ3n) is 4.09. The Balaban J connectivity index is 1.88. The molecule has 19 heavy (non-hydrogen) atoms. The van der Waals surface area contributed by atoms with Gasteiger partial charge in [-0.05, 0) is 31.0 Å². The number of halogens is 1. The van der Waals surface area contributed by atoms with E-state index in [9.17, 15) is 0 Å². The van der Waals surface area contributed by atoms with E-state index in [0.29, 0.717) is 6.04 Å². The largest absolute Gasteiger partial charge is 0.399 e. The van der Waals surface area contributed by atoms with Gasteiger partial charge in [0.1, 0.15) is 0 Å². The van der Waals surface area contributed by atoms with Crippen LogP contribution < -0.4 is 5.73 Å². The summed E-state index contributed by atoms with van der Waals surface area (Å²) in [6.07, 6.45) is 1.24. The molecule has 2 rings (SSSR count). The molecule has 3 nitrogen and oxygen atoms in total. The van der Waals surface area contributed by atoms with E-state index >= 15 is 0 Å². The smallest absolute Gasteiger partial charge is 0.0325 e. The van der Waals surface area contributed by atoms with Gasteiger partial charge in [0, 0.05) is 48.9 Å². The van der Waals surface area contributed by atoms with Crippen molar-refractivity contribution in [2.45, 2.75) is 32.9 Å². The van der Waals surface area contributed by atoms with Crippen LogP contribution in [0.5, 0.6) is 0 Å². The van der Waals surface area contributed by atoms with Gasteiger partial charge in [-0.15, -0.1) is 0 Å². The van der Waals surface area contributed by atoms with Gasteiger partial charge in [-0.3, -0.25) is 9.80 Å². The Hall–Kier alpha value is -0.580. The maximum atomic E-state index is 5.78. The second-order valence-corrected chi connectivity index (χ2v) is 6.27. The van der Waals surface area contributed by atoms with Gasteiger partial charge < -0.3 is 5.73 Å². The van der Waals surface area contributed by atoms with E-state index in [2.05, 4.69) is 45.6 Å². The molecule has 0 spiro atoms. The van der Waals surface area contributed by atoms with E-state index in [1.54, 1.807) is 0 Å². The zero-order valence-corrected chi connectivity index (χ0v) is 13.5. The van der Waals surface area contributed by atoms with Crippen molar-refractivity contribution in [3.63, 3.8) is 0 Å². The summed E-state index contributed by atoms with van der Waals surface area (Å²) >= 11 is 3.60. The summed E-state index contributed by atoms with van der Waals surface area (Å²) in [7, 11) is 0. The van der Waals surface area contributed by atoms with Gasteiger partial charge in [0.05, 0.1) is 0 Å². The molecule has 0 saturated carbocycles. The second-order valence-electron chi connectivity index (χ2n) is 5.42. The van der Waals surface area contributed by atoms with E-state index in [1.165, 1.54) is 25.1 Å². The highest BCUT2D eigenvalue weighted by atomic mass is 79.9. The number of rotatable bonds is 4. The molecular formula is C15H24BrN3. The highest BCUT2D eigenvalue weighted by Gasteiger charge is 2.20. The number of anilines is 1. The maximum Gasteiger partial charge on any atom is 0.0325 e. The van der Waals surface area contributed by atoms with E-state index in [1.807, 2.05) is 12.1 Å². The van der Waals surface area contributed by atoms with Crippen LogP contribution in [0, 0.1) is 0 Å². The molecular weight excluding hydrogens is 302 g/mol. The molecule has 0 aliphatic carbocycles. The zero-order valence-electron chi connectivity index (χ0n) is 11.9. The summed E-state index contributed by atoms with van der Waals surface area (Å²) in [6, 6.07) is 6.81. The van der Waals surface area contributed by atoms with Gasteiger partial charge in [0.2, 0.25) is 0 Å². The van der Waals surface area contributed by atoms with Crippen LogP contribution in [0.4, 0.5) is 5.69 Å². The Morgan fingerprint density at radius 2 is 1.95 bits per heavy atom. The summed E-state index contributed by atoms with van der Waals surface area (Å²) in [5.74, 6) is 0. The van der Waals surface area contributed by atoms with Gasteiger partial charge in [-0.1, -0.05) is 28.9 Å². The third-order valence-corrected chi connectivity index (χ3v) is 4.83. The third kappa shape index (κ3) is 3.94. The van der Waals surface area contributed by atoms with Crippen LogP contribution in [0.1, 0.15) is 25.8 Å². The second kappa shape index (κ2) is 6.73. The van der Waals surface area contributed by atoms with Crippen molar-refractivity contribution < 1.29 is 0 Å². The van der Waals surface area contributed by atoms with Crippen LogP contribution in [0.3, 0.4) is 0 Å². The molecule has 1 aromatic rings. The predicted molar refractivity (Wildman–Crippen MR) is 85.2 cm³/mol. The van der Waals surface area contributed by atoms with Crippen molar-refractivity contribution in [2.75, 3.05) is 31.9 Å². The van der Waals surface area contributed by atoms with E-state index < -0.39 is 0 Å². The number of nitrogen functional groups attached to an aromatic ring is 1. The number of nitrogens with two attached hydrogens (primary N) is 1. The number of piperazine rings is 1. The molecule has 1 fully saturated rings. The Morgan fingerprint density at radius 1 is 1.26 bits per heavy atom. The first kappa shape index (κ1) is 14.8. The number of nitrogens with zero attached hydrogens (tertiary/aromatic N) is 2. The predicted octanol–water partition coefficient (Wildman–Crippen LogP) is 2.95. The number of hydrogen-bond donors (Lipinski definition) is 1. The summed E-state index contributed by atoms with van der Waals surface area (Å²) in [5.41, 5.74) is 7.92. The molecule has 4 heteroatoms. The lowest BCUT2D eigenvalue weighted by molar-refractivity contribution is 0.0962. The first-order valence-electron chi connectivity index (χ1n) is 7.10. The van der Waals surface area contributed by atoms with Crippen molar-refractivity contribution in [2.24, 2.45) is 0 Å². The minimum Gasteiger partial charge on any atom is -0.399 e. The quantitative estimate of drug-likeness (QED) is 0.864. The molecule has 1 aliphatic rings. The van der Waals surface area contributed by atoms with Crippen LogP contribution >= 0.6 is 15.9 Å². The number of benzene rings is 1. The molecule has 1 heterocycles. The SMILES string of the molecule is CCC(C)N1CCN(Cc2ccc(N)cc2Br)CC1. The summed E-state index contributed by atoms with van der Waals surface area (Å²) < 4.78 is 1.12. The maximum absolute atomic E-state index is 5.78. The molecule has 1 atom stereocenters. The van der Waals surface area contributed by atoms with E-state index in [-0.39, 0.29) is 0 Å². The van der Waals surface area contributed by atoms with Crippen LogP contribution in [-0.4, -0.2) is 42.0 Å². The van der Waals surface area contributed by atoms with Crippen molar-refractivity contribution in [1.82, 2.24) is 9.80 Å². The van der Waals surface area contributed by atoms with Crippen molar-refractivity contribution in [1.29, 1.82) is 0 Å². The first-order valence-corrected chi connectivity index (χ1v) is 7.89. The van der Waals surface area contributed by atoms with Crippen molar-refractivity contribution in [3.05, 3.63) is 28.2 Å². The molecule has 2 N–H and O–H groups in total. The summed E-state index contributed by atoms with van der Waals surface area (Å²) in [5, 5.41) is 0. The molecule has 106 valence electrons. The topological polar surface area (TPSA) is 32.5 Å². The Labute approximate surface area is 124 Å². The fourth-order valence-corrected chi connectivity index (χ4v) is 3.08. The van der Waals surface area contributed by atoms with Crippen molar-refractivity contribution in [3.8, 4) is 0 Å². The molecule has 0 bridgehead atoms. The Kier molecular flexibility index (Phi) is 5.25. The summed E-state index contributed by atoms with van der Waals surface area (Å²) in [6.45, 7) is 10.3. The first-order chi connectivity index (χ1) is 9.10. The van der Waals surface area contributed by atoms with Crippen LogP contribution in [0.15, 0.2) is 22.7 Å². The molecule has 1 saturated heterocycles. The minimum atomic E-state index is 0.713. The highest BCUT2D eigenvalue weighted by Crippen LogP contribution is 2.22. The molecule has 1 unspecified atom stereocenters. The lowest BCUT2D eigenvalue weighted by atomic mass is 10.1. The fraction of sp³-hybridized carbons (Fsp3) is 0.600. The molecule has 0 aromatic heterocycles. The van der Waals surface area contributed by atoms with Gasteiger partial charge in [-0.2, -0.15) is 0 Å². The monoisotopic (exact) mass is 325 g/mol. The highest BCUT2D eigenvalue weighted by molar-refractivity contribution is 9.10. The zero-order chi connectivity index (χ0) is 13.8. The van der Waals surface area contributed by atoms with E-state index in [0.717, 1.165) is 29.8 Å². The lowest BCUT2D eigenvalue weighted by Crippen LogP contribution is -2.49. The molecule has 0 amide bonds. The Bertz CT molecular complexity index is 414. The molecule has 1 aromatic carbocycles. The van der Waals surface area contributed by atoms with Gasteiger partial charge in [0.25, 0.3) is 0 Å². The summed E-state index contributed by atoms with van der Waals surface area (Å²) in [4.78, 5) is 5.11. The van der Waals surface area contributed by atoms with Crippen molar-refractivity contribution >= 4 is 21.6 Å². The standard InChI is InChI=1S/C15H24BrN3/c1-3-12(2)19-8-6-18(7-9-19)11-13-4-5-14(17)10-15(13)16/h4-5,10,12H,3,6-9,11,17H2,1-2H3. The van der Waals surface area contributed by atoms with Gasteiger partial charge in [-0.25, -0.2) is 0 Å². The normalized spacial score (nSPS) is 19.5. The van der Waals surface area contributed by atoms with Crippen LogP contribution in [0.25, 0.3) is 0 Å². The average Bonchev–Trinajstić information content (AvgIpc) is 2.42. The molecule has 0 radical (unpaired) electrons. The van der Waals surface area contributed by atoms with Crippen LogP contribution in [0.2, 0.25) is 0 Å². The van der Waals surface area contributed by atoms with Crippen LogP contribution in [-0.2, 0) is 6.54 Å². The van der Waals surface area contributed by atoms with Gasteiger partial charge in [0.15, 0.2) is 0 Å². The van der Waals surface area contributed by atoms with Gasteiger partial charge >= 0.3 is 0 Å². The van der Waals surface area contributed by atoms with E-state index in [4.69, 9.17) is 5.73 Å². The Morgan fingerprint density at radius 3 is 2.53 bits per heavy atom. The average molecular weight is 326 g/mol. The minimum absolute atomic E-state index is 0.713. The number of hydrogen-bond acceptors (Lipinski definition) is 3. The fourth-order valence-electron chi connectivity index (χ4n) is 2.55. The molecule has 1 aliphatic heterocycles. The lowest BCUT2D eigenvalue weighted by Gasteiger charge is -2.38.